The second-order valence-corrected chi connectivity index (χ2v) is 12.0. The fourth-order valence-electron chi connectivity index (χ4n) is 3.72. The Morgan fingerprint density at radius 2 is 0.697 bits per heavy atom. The number of hydrogen-bond donors (Lipinski definition) is 0. The van der Waals surface area contributed by atoms with Crippen molar-refractivity contribution in [1.82, 2.24) is 0 Å². The highest BCUT2D eigenvalue weighted by Gasteiger charge is 2.47. The normalized spacial score (nSPS) is 11.0. The molecule has 0 radical (unpaired) electrons. The van der Waals surface area contributed by atoms with Crippen LogP contribution in [0.25, 0.3) is 20.9 Å². The lowest BCUT2D eigenvalue weighted by atomic mass is 10.4. The molecule has 0 bridgehead atoms. The van der Waals surface area contributed by atoms with Gasteiger partial charge in [0.1, 0.15) is 0 Å². The van der Waals surface area contributed by atoms with E-state index in [0.29, 0.717) is 0 Å². The molecule has 6 nitrogen and oxygen atoms in total. The van der Waals surface area contributed by atoms with Crippen LogP contribution in [0.3, 0.4) is 0 Å². The van der Waals surface area contributed by atoms with E-state index in [2.05, 4.69) is 20.1 Å². The molecule has 160 valence electrons. The van der Waals surface area contributed by atoms with Crippen molar-refractivity contribution >= 4 is 37.1 Å². The van der Waals surface area contributed by atoms with Gasteiger partial charge < -0.3 is 0 Å². The third kappa shape index (κ3) is 4.76. The SMILES string of the molecule is [N-]=[N+]=NC(N=[N+]=[N-])(P(c1ccccc1)c1ccccc1)P(c1ccccc1)c1ccccc1. The van der Waals surface area contributed by atoms with Crippen molar-refractivity contribution in [3.8, 4) is 0 Å². The molecule has 33 heavy (non-hydrogen) atoms. The van der Waals surface area contributed by atoms with Crippen LogP contribution in [0.4, 0.5) is 0 Å². The van der Waals surface area contributed by atoms with Gasteiger partial charge in [-0.3, -0.25) is 0 Å². The standard InChI is InChI=1S/C25H20N6P2/c26-30-28-25(29-31-27,32(21-13-5-1-6-14-21)22-15-7-2-8-16-22)33(23-17-9-3-10-18-23)24-19-11-4-12-20-24/h1-20H. The number of azide groups is 1. The van der Waals surface area contributed by atoms with Gasteiger partial charge in [0.2, 0.25) is 0 Å². The van der Waals surface area contributed by atoms with Crippen LogP contribution in [-0.4, -0.2) is 5.15 Å². The zero-order valence-corrected chi connectivity index (χ0v) is 19.4. The molecule has 0 spiro atoms. The van der Waals surface area contributed by atoms with Crippen LogP contribution in [0, 0.1) is 0 Å². The first-order valence-electron chi connectivity index (χ1n) is 10.2. The summed E-state index contributed by atoms with van der Waals surface area (Å²) in [5.74, 6) is 0. The summed E-state index contributed by atoms with van der Waals surface area (Å²) >= 11 is 0. The molecular weight excluding hydrogens is 446 g/mol. The number of hydrogen-bond acceptors (Lipinski definition) is 2. The number of benzene rings is 4. The lowest BCUT2D eigenvalue weighted by molar-refractivity contribution is 0.866. The lowest BCUT2D eigenvalue weighted by Crippen LogP contribution is -2.35. The Labute approximate surface area is 194 Å². The predicted octanol–water partition coefficient (Wildman–Crippen LogP) is 6.48. The van der Waals surface area contributed by atoms with Crippen molar-refractivity contribution < 1.29 is 0 Å². The molecule has 0 unspecified atom stereocenters. The van der Waals surface area contributed by atoms with E-state index in [1.807, 2.05) is 121 Å². The summed E-state index contributed by atoms with van der Waals surface area (Å²) < 4.78 is 0. The van der Waals surface area contributed by atoms with Gasteiger partial charge in [0.05, 0.1) is 0 Å². The van der Waals surface area contributed by atoms with Crippen LogP contribution in [0.15, 0.2) is 132 Å². The highest BCUT2D eigenvalue weighted by molar-refractivity contribution is 7.90. The van der Waals surface area contributed by atoms with Gasteiger partial charge in [-0.25, -0.2) is 0 Å². The first kappa shape index (κ1) is 22.6. The summed E-state index contributed by atoms with van der Waals surface area (Å²) in [6, 6.07) is 39.5. The molecule has 0 heterocycles. The Bertz CT molecular complexity index is 1090. The molecule has 0 aliphatic carbocycles. The van der Waals surface area contributed by atoms with Crippen molar-refractivity contribution in [3.05, 3.63) is 142 Å². The topological polar surface area (TPSA) is 97.5 Å². The third-order valence-corrected chi connectivity index (χ3v) is 11.0. The highest BCUT2D eigenvalue weighted by atomic mass is 31.2. The smallest absolute Gasteiger partial charge is 0.0705 e. The van der Waals surface area contributed by atoms with E-state index in [9.17, 15) is 11.1 Å². The van der Waals surface area contributed by atoms with Gasteiger partial charge in [-0.2, -0.15) is 0 Å². The molecule has 0 saturated heterocycles. The number of rotatable bonds is 8. The van der Waals surface area contributed by atoms with Gasteiger partial charge in [0, 0.05) is 9.82 Å². The molecule has 0 saturated carbocycles. The molecule has 0 atom stereocenters. The van der Waals surface area contributed by atoms with Gasteiger partial charge in [-0.15, -0.1) is 0 Å². The quantitative estimate of drug-likeness (QED) is 0.123. The van der Waals surface area contributed by atoms with E-state index >= 15 is 0 Å². The Morgan fingerprint density at radius 3 is 0.909 bits per heavy atom. The minimum atomic E-state index is -1.41. The van der Waals surface area contributed by atoms with Crippen molar-refractivity contribution in [2.45, 2.75) is 5.15 Å². The minimum absolute atomic E-state index is 0.970. The van der Waals surface area contributed by atoms with E-state index in [1.165, 1.54) is 0 Å². The summed E-state index contributed by atoms with van der Waals surface area (Å²) in [7, 11) is -2.82. The van der Waals surface area contributed by atoms with E-state index in [1.54, 1.807) is 0 Å². The summed E-state index contributed by atoms with van der Waals surface area (Å²) in [6.45, 7) is 0. The molecule has 0 amide bonds. The largest absolute Gasteiger partial charge is 0.182 e. The summed E-state index contributed by atoms with van der Waals surface area (Å²) in [5.41, 5.74) is 19.6. The predicted molar refractivity (Wildman–Crippen MR) is 139 cm³/mol. The van der Waals surface area contributed by atoms with Gasteiger partial charge >= 0.3 is 0 Å². The molecular formula is C25H20N6P2. The van der Waals surface area contributed by atoms with E-state index < -0.39 is 21.0 Å². The van der Waals surface area contributed by atoms with Crippen molar-refractivity contribution in [2.75, 3.05) is 0 Å². The summed E-state index contributed by atoms with van der Waals surface area (Å²) in [4.78, 5) is 6.53. The summed E-state index contributed by atoms with van der Waals surface area (Å²) in [6.07, 6.45) is 0. The van der Waals surface area contributed by atoms with Crippen LogP contribution >= 0.6 is 15.8 Å². The molecule has 4 aromatic rings. The Balaban J connectivity index is 2.11. The first-order valence-corrected chi connectivity index (χ1v) is 12.9. The Kier molecular flexibility index (Phi) is 7.37. The zero-order chi connectivity index (χ0) is 22.9. The van der Waals surface area contributed by atoms with Crippen LogP contribution < -0.4 is 21.2 Å². The molecule has 4 aromatic carbocycles. The number of nitrogens with zero attached hydrogens (tertiary/aromatic N) is 6. The third-order valence-electron chi connectivity index (χ3n) is 5.02. The minimum Gasteiger partial charge on any atom is -0.0705 e. The molecule has 0 N–H and O–H groups in total. The van der Waals surface area contributed by atoms with Gasteiger partial charge in [-0.1, -0.05) is 132 Å². The van der Waals surface area contributed by atoms with Crippen LogP contribution in [0.5, 0.6) is 0 Å². The monoisotopic (exact) mass is 466 g/mol. The molecule has 0 aromatic heterocycles. The molecule has 4 rings (SSSR count). The second kappa shape index (κ2) is 10.8. The molecule has 0 aliphatic rings. The fraction of sp³-hybridized carbons (Fsp3) is 0.0400. The van der Waals surface area contributed by atoms with Crippen molar-refractivity contribution in [3.63, 3.8) is 0 Å². The van der Waals surface area contributed by atoms with Gasteiger partial charge in [-0.05, 0) is 48.1 Å². The van der Waals surface area contributed by atoms with Gasteiger partial charge in [0.25, 0.3) is 0 Å². The average molecular weight is 466 g/mol. The Morgan fingerprint density at radius 1 is 0.455 bits per heavy atom. The first-order chi connectivity index (χ1) is 16.3. The lowest BCUT2D eigenvalue weighted by Gasteiger charge is -2.41. The summed E-state index contributed by atoms with van der Waals surface area (Å²) in [5, 5.41) is 11.2. The van der Waals surface area contributed by atoms with E-state index in [-0.39, 0.29) is 0 Å². The average Bonchev–Trinajstić information content (AvgIpc) is 2.87. The molecule has 0 aliphatic heterocycles. The fourth-order valence-corrected chi connectivity index (χ4v) is 10.3. The van der Waals surface area contributed by atoms with Crippen molar-refractivity contribution in [1.29, 1.82) is 0 Å². The maximum atomic E-state index is 9.81. The Hall–Kier alpha value is -3.64. The van der Waals surface area contributed by atoms with Crippen LogP contribution in [0.2, 0.25) is 0 Å². The van der Waals surface area contributed by atoms with Crippen LogP contribution in [0.1, 0.15) is 0 Å². The molecule has 8 heteroatoms. The molecule has 0 fully saturated rings. The van der Waals surface area contributed by atoms with E-state index in [0.717, 1.165) is 21.2 Å². The van der Waals surface area contributed by atoms with Crippen molar-refractivity contribution in [2.24, 2.45) is 10.2 Å². The van der Waals surface area contributed by atoms with Gasteiger partial charge in [0.15, 0.2) is 5.15 Å². The zero-order valence-electron chi connectivity index (χ0n) is 17.6. The maximum absolute atomic E-state index is 9.81. The second-order valence-electron chi connectivity index (χ2n) is 6.99. The van der Waals surface area contributed by atoms with Crippen LogP contribution in [-0.2, 0) is 0 Å². The van der Waals surface area contributed by atoms with E-state index in [4.69, 9.17) is 0 Å². The maximum Gasteiger partial charge on any atom is 0.182 e. The highest BCUT2D eigenvalue weighted by Crippen LogP contribution is 2.66.